The Morgan fingerprint density at radius 2 is 2.14 bits per heavy atom. The van der Waals surface area contributed by atoms with E-state index in [4.69, 9.17) is 4.98 Å². The van der Waals surface area contributed by atoms with Crippen molar-refractivity contribution in [1.82, 2.24) is 24.8 Å². The van der Waals surface area contributed by atoms with Crippen LogP contribution in [-0.4, -0.2) is 56.9 Å². The third-order valence-electron chi connectivity index (χ3n) is 6.26. The van der Waals surface area contributed by atoms with Gasteiger partial charge in [-0.25, -0.2) is 15.0 Å². The van der Waals surface area contributed by atoms with Crippen LogP contribution in [-0.2, 0) is 17.6 Å². The van der Waals surface area contributed by atoms with Crippen LogP contribution in [0.25, 0.3) is 0 Å². The molecule has 2 aromatic heterocycles. The van der Waals surface area contributed by atoms with E-state index in [0.717, 1.165) is 69.2 Å². The van der Waals surface area contributed by atoms with Crippen molar-refractivity contribution in [2.24, 2.45) is 5.41 Å². The van der Waals surface area contributed by atoms with Gasteiger partial charge in [0, 0.05) is 68.1 Å². The highest BCUT2D eigenvalue weighted by Crippen LogP contribution is 2.40. The van der Waals surface area contributed by atoms with Crippen LogP contribution in [0.1, 0.15) is 49.7 Å². The lowest BCUT2D eigenvalue weighted by Gasteiger charge is -2.48. The van der Waals surface area contributed by atoms with Crippen molar-refractivity contribution in [2.45, 2.75) is 52.4 Å². The first-order valence-electron chi connectivity index (χ1n) is 10.4. The van der Waals surface area contributed by atoms with E-state index in [1.807, 2.05) is 19.3 Å². The van der Waals surface area contributed by atoms with E-state index < -0.39 is 0 Å². The minimum Gasteiger partial charge on any atom is -0.356 e. The summed E-state index contributed by atoms with van der Waals surface area (Å²) >= 11 is 0. The van der Waals surface area contributed by atoms with Gasteiger partial charge >= 0.3 is 0 Å². The molecule has 2 fully saturated rings. The molecular formula is C21H30N6O. The zero-order chi connectivity index (χ0) is 19.6. The van der Waals surface area contributed by atoms with Crippen molar-refractivity contribution >= 4 is 11.7 Å². The van der Waals surface area contributed by atoms with Crippen LogP contribution in [0.3, 0.4) is 0 Å². The predicted molar refractivity (Wildman–Crippen MR) is 108 cm³/mol. The second-order valence-corrected chi connectivity index (χ2v) is 8.29. The summed E-state index contributed by atoms with van der Waals surface area (Å²) in [6, 6.07) is 0. The van der Waals surface area contributed by atoms with E-state index in [1.54, 1.807) is 6.33 Å². The average Bonchev–Trinajstić information content (AvgIpc) is 3.23. The molecule has 7 heteroatoms. The molecule has 1 spiro atoms. The average molecular weight is 383 g/mol. The number of likely N-dealkylation sites (tertiary alicyclic amines) is 1. The Morgan fingerprint density at radius 3 is 2.93 bits per heavy atom. The van der Waals surface area contributed by atoms with Crippen molar-refractivity contribution in [2.75, 3.05) is 31.1 Å². The summed E-state index contributed by atoms with van der Waals surface area (Å²) in [5.74, 6) is 2.20. The Balaban J connectivity index is 1.49. The smallest absolute Gasteiger partial charge is 0.222 e. The Hall–Kier alpha value is -2.44. The van der Waals surface area contributed by atoms with E-state index in [9.17, 15) is 4.79 Å². The number of anilines is 1. The van der Waals surface area contributed by atoms with E-state index in [1.165, 1.54) is 12.0 Å². The van der Waals surface area contributed by atoms with Gasteiger partial charge in [-0.15, -0.1) is 0 Å². The molecule has 0 bridgehead atoms. The number of aromatic amines is 1. The summed E-state index contributed by atoms with van der Waals surface area (Å²) in [5, 5.41) is 0. The van der Waals surface area contributed by atoms with Gasteiger partial charge in [0.05, 0.1) is 6.33 Å². The van der Waals surface area contributed by atoms with Gasteiger partial charge in [0.2, 0.25) is 5.91 Å². The number of imidazole rings is 1. The molecule has 0 saturated carbocycles. The van der Waals surface area contributed by atoms with E-state index in [0.29, 0.717) is 6.42 Å². The van der Waals surface area contributed by atoms with E-state index in [2.05, 4.69) is 31.7 Å². The number of amides is 1. The van der Waals surface area contributed by atoms with Gasteiger partial charge in [0.15, 0.2) is 0 Å². The predicted octanol–water partition coefficient (Wildman–Crippen LogP) is 2.52. The van der Waals surface area contributed by atoms with Crippen molar-refractivity contribution in [3.05, 3.63) is 35.8 Å². The van der Waals surface area contributed by atoms with Crippen molar-refractivity contribution in [3.63, 3.8) is 0 Å². The molecule has 1 amide bonds. The number of carbonyl (C=O) groups excluding carboxylic acids is 1. The number of aromatic nitrogens is 4. The molecule has 0 aliphatic carbocycles. The van der Waals surface area contributed by atoms with Crippen LogP contribution in [0, 0.1) is 12.3 Å². The van der Waals surface area contributed by atoms with Crippen LogP contribution in [0.5, 0.6) is 0 Å². The number of aryl methyl sites for hydroxylation is 2. The van der Waals surface area contributed by atoms with Crippen LogP contribution in [0.2, 0.25) is 0 Å². The zero-order valence-electron chi connectivity index (χ0n) is 16.9. The highest BCUT2D eigenvalue weighted by Gasteiger charge is 2.42. The fourth-order valence-electron chi connectivity index (χ4n) is 4.71. The van der Waals surface area contributed by atoms with E-state index >= 15 is 0 Å². The van der Waals surface area contributed by atoms with Gasteiger partial charge in [0.25, 0.3) is 0 Å². The molecule has 4 rings (SSSR count). The lowest BCUT2D eigenvalue weighted by Crippen LogP contribution is -2.54. The maximum Gasteiger partial charge on any atom is 0.222 e. The molecule has 2 aliphatic heterocycles. The molecule has 2 aliphatic rings. The topological polar surface area (TPSA) is 78.0 Å². The van der Waals surface area contributed by atoms with Crippen LogP contribution in [0.4, 0.5) is 5.82 Å². The van der Waals surface area contributed by atoms with Gasteiger partial charge in [-0.1, -0.05) is 6.92 Å². The largest absolute Gasteiger partial charge is 0.356 e. The molecule has 1 N–H and O–H groups in total. The monoisotopic (exact) mass is 382 g/mol. The maximum atomic E-state index is 12.5. The molecule has 150 valence electrons. The molecule has 2 saturated heterocycles. The fourth-order valence-corrected chi connectivity index (χ4v) is 4.71. The van der Waals surface area contributed by atoms with Crippen LogP contribution in [0.15, 0.2) is 18.7 Å². The summed E-state index contributed by atoms with van der Waals surface area (Å²) in [6.07, 6.45) is 11.2. The number of hydrogen-bond acceptors (Lipinski definition) is 5. The molecule has 0 radical (unpaired) electrons. The lowest BCUT2D eigenvalue weighted by molar-refractivity contribution is -0.137. The Bertz CT molecular complexity index is 820. The highest BCUT2D eigenvalue weighted by atomic mass is 16.2. The summed E-state index contributed by atoms with van der Waals surface area (Å²) in [5.41, 5.74) is 2.47. The number of nitrogens with zero attached hydrogens (tertiary/aromatic N) is 5. The fraction of sp³-hybridized carbons (Fsp3) is 0.619. The molecular weight excluding hydrogens is 352 g/mol. The minimum atomic E-state index is 0.171. The lowest BCUT2D eigenvalue weighted by atomic mass is 9.73. The molecule has 1 atom stereocenters. The summed E-state index contributed by atoms with van der Waals surface area (Å²) in [7, 11) is 0. The molecule has 28 heavy (non-hydrogen) atoms. The molecule has 0 unspecified atom stereocenters. The quantitative estimate of drug-likeness (QED) is 0.860. The minimum absolute atomic E-state index is 0.171. The van der Waals surface area contributed by atoms with Gasteiger partial charge in [0.1, 0.15) is 11.6 Å². The van der Waals surface area contributed by atoms with Gasteiger partial charge in [-0.05, 0) is 32.6 Å². The zero-order valence-corrected chi connectivity index (χ0v) is 16.9. The maximum absolute atomic E-state index is 12.5. The number of piperidine rings is 2. The van der Waals surface area contributed by atoms with Gasteiger partial charge < -0.3 is 14.8 Å². The number of carbonyl (C=O) groups is 1. The summed E-state index contributed by atoms with van der Waals surface area (Å²) in [6.45, 7) is 7.74. The summed E-state index contributed by atoms with van der Waals surface area (Å²) in [4.78, 5) is 33.4. The third kappa shape index (κ3) is 3.88. The second kappa shape index (κ2) is 7.89. The Kier molecular flexibility index (Phi) is 5.33. The van der Waals surface area contributed by atoms with Crippen molar-refractivity contribution < 1.29 is 4.79 Å². The normalized spacial score (nSPS) is 22.9. The molecule has 0 aromatic carbocycles. The first-order valence-corrected chi connectivity index (χ1v) is 10.4. The van der Waals surface area contributed by atoms with Crippen LogP contribution >= 0.6 is 0 Å². The SMILES string of the molecule is CCc1cnc(C)nc1N1CCC[C@]2(CCC(=O)N(CCc3cnc[nH]3)C2)C1. The standard InChI is InChI=1S/C21H30N6O/c1-3-17-11-23-16(2)25-20(17)27-9-4-7-21(14-27)8-5-19(28)26(13-21)10-6-18-12-22-15-24-18/h11-12,15H,3-10,13-14H2,1-2H3,(H,22,24)/t21-/m1/s1. The molecule has 2 aromatic rings. The van der Waals surface area contributed by atoms with Crippen LogP contribution < -0.4 is 4.90 Å². The second-order valence-electron chi connectivity index (χ2n) is 8.29. The van der Waals surface area contributed by atoms with Gasteiger partial charge in [-0.2, -0.15) is 0 Å². The third-order valence-corrected chi connectivity index (χ3v) is 6.26. The van der Waals surface area contributed by atoms with E-state index in [-0.39, 0.29) is 11.3 Å². The first kappa shape index (κ1) is 18.9. The Morgan fingerprint density at radius 1 is 1.25 bits per heavy atom. The first-order chi connectivity index (χ1) is 13.6. The number of nitrogens with one attached hydrogen (secondary N) is 1. The summed E-state index contributed by atoms with van der Waals surface area (Å²) < 4.78 is 0. The number of H-pyrrole nitrogens is 1. The van der Waals surface area contributed by atoms with Crippen molar-refractivity contribution in [1.29, 1.82) is 0 Å². The van der Waals surface area contributed by atoms with Gasteiger partial charge in [-0.3, -0.25) is 4.79 Å². The highest BCUT2D eigenvalue weighted by molar-refractivity contribution is 5.77. The number of hydrogen-bond donors (Lipinski definition) is 1. The molecule has 4 heterocycles. The Labute approximate surface area is 166 Å². The van der Waals surface area contributed by atoms with Crippen molar-refractivity contribution in [3.8, 4) is 0 Å². The molecule has 7 nitrogen and oxygen atoms in total. The number of rotatable bonds is 5.